The molecule has 0 saturated carbocycles. The molecule has 2 saturated heterocycles. The summed E-state index contributed by atoms with van der Waals surface area (Å²) < 4.78 is 38.0. The first-order valence-electron chi connectivity index (χ1n) is 11.8. The van der Waals surface area contributed by atoms with Gasteiger partial charge in [-0.05, 0) is 55.3 Å². The van der Waals surface area contributed by atoms with Crippen LogP contribution in [0, 0.1) is 0 Å². The number of sulfonamides is 1. The van der Waals surface area contributed by atoms with Gasteiger partial charge in [-0.2, -0.15) is 4.31 Å². The molecule has 8 nitrogen and oxygen atoms in total. The van der Waals surface area contributed by atoms with Crippen molar-refractivity contribution >= 4 is 15.9 Å². The van der Waals surface area contributed by atoms with Gasteiger partial charge in [0.25, 0.3) is 5.91 Å². The maximum absolute atomic E-state index is 13.0. The predicted molar refractivity (Wildman–Crippen MR) is 129 cm³/mol. The highest BCUT2D eigenvalue weighted by Gasteiger charge is 2.28. The van der Waals surface area contributed by atoms with Crippen molar-refractivity contribution in [2.24, 2.45) is 0 Å². The van der Waals surface area contributed by atoms with Crippen molar-refractivity contribution in [1.82, 2.24) is 14.5 Å². The van der Waals surface area contributed by atoms with Crippen LogP contribution in [-0.2, 0) is 27.8 Å². The van der Waals surface area contributed by atoms with Crippen LogP contribution in [0.5, 0.6) is 5.75 Å². The number of carbonyl (C=O) groups is 1. The summed E-state index contributed by atoms with van der Waals surface area (Å²) in [6.07, 6.45) is 3.85. The topological polar surface area (TPSA) is 88.2 Å². The maximum atomic E-state index is 13.0. The minimum absolute atomic E-state index is 0.0717. The van der Waals surface area contributed by atoms with Crippen LogP contribution >= 0.6 is 0 Å². The van der Waals surface area contributed by atoms with E-state index in [0.717, 1.165) is 25.2 Å². The van der Waals surface area contributed by atoms with Crippen molar-refractivity contribution in [2.45, 2.75) is 37.2 Å². The first-order valence-corrected chi connectivity index (χ1v) is 13.3. The van der Waals surface area contributed by atoms with E-state index in [0.29, 0.717) is 38.6 Å². The van der Waals surface area contributed by atoms with Crippen molar-refractivity contribution in [1.29, 1.82) is 0 Å². The molecular formula is C25H33N3O5S. The molecule has 1 N–H and O–H groups in total. The summed E-state index contributed by atoms with van der Waals surface area (Å²) in [6.45, 7) is 4.91. The Kier molecular flexibility index (Phi) is 8.20. The number of carbonyl (C=O) groups excluding carboxylic acids is 1. The standard InChI is InChI=1S/C25H33N3O5S/c1-32-24-10-9-22(34(30,31)28-13-15-33-16-14-28)17-23(24)25(29)26-18-20-5-7-21(8-6-20)19-27-11-3-2-4-12-27/h5-10,17H,2-4,11-16,18-19H2,1H3,(H,26,29). The van der Waals surface area contributed by atoms with Crippen LogP contribution < -0.4 is 10.1 Å². The normalized spacial score (nSPS) is 17.9. The summed E-state index contributed by atoms with van der Waals surface area (Å²) in [5.74, 6) is -0.0522. The van der Waals surface area contributed by atoms with Crippen LogP contribution in [0.25, 0.3) is 0 Å². The number of benzene rings is 2. The van der Waals surface area contributed by atoms with Crippen LogP contribution in [0.3, 0.4) is 0 Å². The summed E-state index contributed by atoms with van der Waals surface area (Å²) in [4.78, 5) is 15.5. The average molecular weight is 488 g/mol. The number of methoxy groups -OCH3 is 1. The molecule has 34 heavy (non-hydrogen) atoms. The Hall–Kier alpha value is -2.46. The van der Waals surface area contributed by atoms with Crippen molar-refractivity contribution in [3.63, 3.8) is 0 Å². The van der Waals surface area contributed by atoms with Gasteiger partial charge in [-0.25, -0.2) is 8.42 Å². The molecule has 0 aromatic heterocycles. The SMILES string of the molecule is COc1ccc(S(=O)(=O)N2CCOCC2)cc1C(=O)NCc1ccc(CN2CCCCC2)cc1. The largest absolute Gasteiger partial charge is 0.496 e. The van der Waals surface area contributed by atoms with E-state index in [1.165, 1.54) is 54.4 Å². The molecule has 0 spiro atoms. The first kappa shape index (κ1) is 24.7. The van der Waals surface area contributed by atoms with Crippen LogP contribution in [0.15, 0.2) is 47.4 Å². The minimum Gasteiger partial charge on any atom is -0.496 e. The number of likely N-dealkylation sites (tertiary alicyclic amines) is 1. The molecule has 0 radical (unpaired) electrons. The number of piperidine rings is 1. The highest BCUT2D eigenvalue weighted by atomic mass is 32.2. The lowest BCUT2D eigenvalue weighted by Crippen LogP contribution is -2.40. The van der Waals surface area contributed by atoms with E-state index in [9.17, 15) is 13.2 Å². The molecule has 4 rings (SSSR count). The number of rotatable bonds is 8. The molecule has 0 bridgehead atoms. The number of morpholine rings is 1. The third kappa shape index (κ3) is 5.96. The molecule has 2 aromatic carbocycles. The lowest BCUT2D eigenvalue weighted by molar-refractivity contribution is 0.0730. The van der Waals surface area contributed by atoms with Gasteiger partial charge in [-0.1, -0.05) is 30.7 Å². The summed E-state index contributed by atoms with van der Waals surface area (Å²) in [5, 5.41) is 2.89. The van der Waals surface area contributed by atoms with E-state index in [2.05, 4.69) is 22.3 Å². The van der Waals surface area contributed by atoms with Gasteiger partial charge >= 0.3 is 0 Å². The number of hydrogen-bond acceptors (Lipinski definition) is 6. The Morgan fingerprint density at radius 2 is 1.65 bits per heavy atom. The van der Waals surface area contributed by atoms with E-state index in [1.807, 2.05) is 12.1 Å². The molecule has 0 unspecified atom stereocenters. The molecule has 2 heterocycles. The van der Waals surface area contributed by atoms with Gasteiger partial charge in [-0.15, -0.1) is 0 Å². The van der Waals surface area contributed by atoms with E-state index >= 15 is 0 Å². The number of amides is 1. The number of hydrogen-bond donors (Lipinski definition) is 1. The van der Waals surface area contributed by atoms with Gasteiger partial charge in [0.15, 0.2) is 0 Å². The summed E-state index contributed by atoms with van der Waals surface area (Å²) in [5.41, 5.74) is 2.44. The van der Waals surface area contributed by atoms with Gasteiger partial charge < -0.3 is 14.8 Å². The quantitative estimate of drug-likeness (QED) is 0.616. The number of nitrogens with zero attached hydrogens (tertiary/aromatic N) is 2. The Morgan fingerprint density at radius 3 is 2.32 bits per heavy atom. The Balaban J connectivity index is 1.41. The second-order valence-electron chi connectivity index (χ2n) is 8.71. The maximum Gasteiger partial charge on any atom is 0.255 e. The van der Waals surface area contributed by atoms with E-state index in [4.69, 9.17) is 9.47 Å². The molecule has 0 atom stereocenters. The van der Waals surface area contributed by atoms with Crippen LogP contribution in [0.2, 0.25) is 0 Å². The lowest BCUT2D eigenvalue weighted by Gasteiger charge is -2.26. The molecular weight excluding hydrogens is 454 g/mol. The van der Waals surface area contributed by atoms with Gasteiger partial charge in [0.2, 0.25) is 10.0 Å². The molecule has 2 aliphatic heterocycles. The Labute approximate surface area is 201 Å². The molecule has 1 amide bonds. The third-order valence-corrected chi connectivity index (χ3v) is 8.25. The summed E-state index contributed by atoms with van der Waals surface area (Å²) in [6, 6.07) is 12.6. The fourth-order valence-electron chi connectivity index (χ4n) is 4.38. The van der Waals surface area contributed by atoms with Gasteiger partial charge in [0.1, 0.15) is 5.75 Å². The molecule has 2 aliphatic rings. The molecule has 2 aromatic rings. The third-order valence-electron chi connectivity index (χ3n) is 6.35. The zero-order chi connectivity index (χ0) is 24.0. The zero-order valence-corrected chi connectivity index (χ0v) is 20.5. The van der Waals surface area contributed by atoms with Crippen molar-refractivity contribution in [3.8, 4) is 5.75 Å². The Morgan fingerprint density at radius 1 is 0.971 bits per heavy atom. The van der Waals surface area contributed by atoms with E-state index < -0.39 is 10.0 Å². The second kappa shape index (κ2) is 11.3. The monoisotopic (exact) mass is 487 g/mol. The zero-order valence-electron chi connectivity index (χ0n) is 19.7. The molecule has 9 heteroatoms. The van der Waals surface area contributed by atoms with Gasteiger partial charge in [0.05, 0.1) is 30.8 Å². The van der Waals surface area contributed by atoms with Crippen molar-refractivity contribution in [3.05, 3.63) is 59.2 Å². The fourth-order valence-corrected chi connectivity index (χ4v) is 5.81. The average Bonchev–Trinajstić information content (AvgIpc) is 2.89. The van der Waals surface area contributed by atoms with Crippen molar-refractivity contribution < 1.29 is 22.7 Å². The fraction of sp³-hybridized carbons (Fsp3) is 0.480. The second-order valence-corrected chi connectivity index (χ2v) is 10.7. The van der Waals surface area contributed by atoms with E-state index in [-0.39, 0.29) is 16.4 Å². The smallest absolute Gasteiger partial charge is 0.255 e. The lowest BCUT2D eigenvalue weighted by atomic mass is 10.1. The molecule has 2 fully saturated rings. The molecule has 0 aliphatic carbocycles. The van der Waals surface area contributed by atoms with E-state index in [1.54, 1.807) is 0 Å². The van der Waals surface area contributed by atoms with Crippen LogP contribution in [0.1, 0.15) is 40.7 Å². The van der Waals surface area contributed by atoms with Crippen LogP contribution in [0.4, 0.5) is 0 Å². The van der Waals surface area contributed by atoms with Gasteiger partial charge in [0, 0.05) is 26.2 Å². The predicted octanol–water partition coefficient (Wildman–Crippen LogP) is 2.63. The summed E-state index contributed by atoms with van der Waals surface area (Å²) in [7, 11) is -2.25. The highest BCUT2D eigenvalue weighted by Crippen LogP contribution is 2.25. The number of ether oxygens (including phenoxy) is 2. The number of nitrogens with one attached hydrogen (secondary N) is 1. The summed E-state index contributed by atoms with van der Waals surface area (Å²) >= 11 is 0. The minimum atomic E-state index is -3.71. The van der Waals surface area contributed by atoms with Crippen molar-refractivity contribution in [2.75, 3.05) is 46.5 Å². The first-order chi connectivity index (χ1) is 16.5. The molecule has 184 valence electrons. The van der Waals surface area contributed by atoms with Gasteiger partial charge in [-0.3, -0.25) is 9.69 Å². The Bertz CT molecular complexity index is 1080. The van der Waals surface area contributed by atoms with Crippen LogP contribution in [-0.4, -0.2) is 70.0 Å². The highest BCUT2D eigenvalue weighted by molar-refractivity contribution is 7.89.